The first-order chi connectivity index (χ1) is 25.7. The van der Waals surface area contributed by atoms with Gasteiger partial charge in [-0.3, -0.25) is 28.8 Å². The van der Waals surface area contributed by atoms with Gasteiger partial charge in [0.2, 0.25) is 3.79 Å². The summed E-state index contributed by atoms with van der Waals surface area (Å²) >= 11 is 18.5. The fourth-order valence-corrected chi connectivity index (χ4v) is 6.71. The number of esters is 6. The Labute approximate surface area is 334 Å². The van der Waals surface area contributed by atoms with Gasteiger partial charge in [-0.15, -0.1) is 0 Å². The Kier molecular flexibility index (Phi) is 17.6. The van der Waals surface area contributed by atoms with Gasteiger partial charge in [-0.25, -0.2) is 4.79 Å². The number of rotatable bonds is 14. The highest BCUT2D eigenvalue weighted by Gasteiger charge is 2.57. The molecule has 0 aromatic heterocycles. The van der Waals surface area contributed by atoms with Gasteiger partial charge in [-0.1, -0.05) is 64.8 Å². The summed E-state index contributed by atoms with van der Waals surface area (Å²) in [5, 5.41) is 2.58. The van der Waals surface area contributed by atoms with Gasteiger partial charge >= 0.3 is 41.9 Å². The fourth-order valence-electron chi connectivity index (χ4n) is 5.40. The fraction of sp³-hybridized carbons (Fsp3) is 0.606. The molecule has 0 spiro atoms. The first-order valence-corrected chi connectivity index (χ1v) is 18.4. The predicted molar refractivity (Wildman–Crippen MR) is 189 cm³/mol. The van der Waals surface area contributed by atoms with Crippen molar-refractivity contribution >= 4 is 88.5 Å². The van der Waals surface area contributed by atoms with Crippen LogP contribution in [0.1, 0.15) is 41.5 Å². The van der Waals surface area contributed by atoms with Crippen molar-refractivity contribution in [2.45, 2.75) is 111 Å². The molecule has 22 heteroatoms. The molecule has 1 N–H and O–H groups in total. The van der Waals surface area contributed by atoms with E-state index in [1.54, 1.807) is 30.3 Å². The summed E-state index contributed by atoms with van der Waals surface area (Å²) in [7, 11) is 0. The Hall–Kier alpha value is -3.59. The molecular weight excluding hydrogens is 821 g/mol. The SMILES string of the molecule is CC(=O)OC[C@H]1O[C@@H](O[C@@H]2[C@@H](NC(=O)OCC(Cl)(Cl)Cl)[C@H](Sc3ccccc3)O[C@H](COC(C)=O)[C@@H]2OC(C)=O)[C@H](OC(C)=O)[C@@H](OC(C)=O)[C@H]1OC(C)=O. The highest BCUT2D eigenvalue weighted by atomic mass is 35.6. The number of hydrogen-bond acceptors (Lipinski definition) is 18. The average Bonchev–Trinajstić information content (AvgIpc) is 3.06. The van der Waals surface area contributed by atoms with E-state index < -0.39 is 126 Å². The molecule has 0 bridgehead atoms. The molecule has 2 fully saturated rings. The molecule has 2 saturated heterocycles. The highest BCUT2D eigenvalue weighted by Crippen LogP contribution is 2.39. The summed E-state index contributed by atoms with van der Waals surface area (Å²) < 4.78 is 54.6. The van der Waals surface area contributed by atoms with Crippen molar-refractivity contribution in [3.63, 3.8) is 0 Å². The van der Waals surface area contributed by atoms with Crippen molar-refractivity contribution in [2.24, 2.45) is 0 Å². The quantitative estimate of drug-likeness (QED) is 0.161. The predicted octanol–water partition coefficient (Wildman–Crippen LogP) is 2.93. The molecule has 0 radical (unpaired) electrons. The number of halogens is 3. The number of nitrogens with one attached hydrogen (secondary N) is 1. The van der Waals surface area contributed by atoms with Crippen LogP contribution in [0.25, 0.3) is 0 Å². The van der Waals surface area contributed by atoms with Crippen molar-refractivity contribution in [3.05, 3.63) is 30.3 Å². The largest absolute Gasteiger partial charge is 0.463 e. The monoisotopic (exact) mass is 859 g/mol. The first kappa shape index (κ1) is 45.8. The average molecular weight is 861 g/mol. The standard InChI is InChI=1S/C33H40Cl3NO17S/c1-15(38)45-12-22-26(49-18(4)41)28(50-19(5)42)29(51-20(6)43)30(52-22)54-27-24(37-32(44)47-14-33(34,35)36)31(55-21-10-8-7-9-11-21)53-23(13-46-16(2)39)25(27)48-17(3)40/h7-11,22-31H,12-14H2,1-6H3,(H,37,44)/t22-,23-,24-,25+,26+,27-,28+,29-,30+,31+/m1/s1. The Morgan fingerprint density at radius 3 is 1.60 bits per heavy atom. The molecule has 2 aliphatic rings. The smallest absolute Gasteiger partial charge is 0.407 e. The summed E-state index contributed by atoms with van der Waals surface area (Å²) in [6.45, 7) is 4.61. The number of carbonyl (C=O) groups excluding carboxylic acids is 7. The maximum atomic E-state index is 13.3. The normalized spacial score (nSPS) is 27.7. The molecule has 2 heterocycles. The zero-order chi connectivity index (χ0) is 41.0. The summed E-state index contributed by atoms with van der Waals surface area (Å²) in [5.41, 5.74) is -1.18. The molecule has 10 atom stereocenters. The molecule has 1 aromatic carbocycles. The highest BCUT2D eigenvalue weighted by molar-refractivity contribution is 7.99. The molecule has 1 aromatic rings. The summed E-state index contributed by atoms with van der Waals surface area (Å²) in [6, 6.07) is 7.25. The zero-order valence-corrected chi connectivity index (χ0v) is 33.3. The van der Waals surface area contributed by atoms with Crippen molar-refractivity contribution in [1.29, 1.82) is 0 Å². The molecule has 0 unspecified atom stereocenters. The van der Waals surface area contributed by atoms with Crippen molar-refractivity contribution in [3.8, 4) is 0 Å². The number of thioether (sulfide) groups is 1. The van der Waals surface area contributed by atoms with Gasteiger partial charge in [0.1, 0.15) is 43.6 Å². The topological polar surface area (TPSA) is 224 Å². The number of alkyl halides is 3. The first-order valence-electron chi connectivity index (χ1n) is 16.4. The van der Waals surface area contributed by atoms with E-state index >= 15 is 0 Å². The van der Waals surface area contributed by atoms with Crippen LogP contribution in [0.2, 0.25) is 0 Å². The minimum Gasteiger partial charge on any atom is -0.463 e. The van der Waals surface area contributed by atoms with Crippen LogP contribution in [-0.2, 0) is 76.1 Å². The van der Waals surface area contributed by atoms with E-state index in [4.69, 9.17) is 82.2 Å². The Morgan fingerprint density at radius 2 is 1.11 bits per heavy atom. The lowest BCUT2D eigenvalue weighted by Crippen LogP contribution is -2.68. The van der Waals surface area contributed by atoms with Gasteiger partial charge in [0, 0.05) is 46.4 Å². The van der Waals surface area contributed by atoms with Gasteiger partial charge < -0.3 is 52.7 Å². The van der Waals surface area contributed by atoms with Crippen LogP contribution in [0, 0.1) is 0 Å². The van der Waals surface area contributed by atoms with Gasteiger partial charge in [-0.05, 0) is 12.1 Å². The Morgan fingerprint density at radius 1 is 0.636 bits per heavy atom. The van der Waals surface area contributed by atoms with Crippen LogP contribution in [0.4, 0.5) is 4.79 Å². The Balaban J connectivity index is 2.24. The molecule has 306 valence electrons. The van der Waals surface area contributed by atoms with Crippen LogP contribution < -0.4 is 5.32 Å². The third kappa shape index (κ3) is 15.1. The molecule has 1 amide bonds. The molecule has 55 heavy (non-hydrogen) atoms. The van der Waals surface area contributed by atoms with Crippen LogP contribution in [0.15, 0.2) is 35.2 Å². The molecule has 18 nitrogen and oxygen atoms in total. The number of benzene rings is 1. The maximum absolute atomic E-state index is 13.3. The Bertz CT molecular complexity index is 1530. The third-order valence-electron chi connectivity index (χ3n) is 7.29. The number of amides is 1. The number of carbonyl (C=O) groups is 7. The van der Waals surface area contributed by atoms with Gasteiger partial charge in [0.15, 0.2) is 30.7 Å². The lowest BCUT2D eigenvalue weighted by atomic mass is 9.95. The second-order valence-electron chi connectivity index (χ2n) is 11.9. The summed E-state index contributed by atoms with van der Waals surface area (Å²) in [6.07, 6.45) is -13.8. The van der Waals surface area contributed by atoms with Crippen LogP contribution in [0.3, 0.4) is 0 Å². The molecule has 0 saturated carbocycles. The van der Waals surface area contributed by atoms with Crippen molar-refractivity contribution < 1.29 is 80.9 Å². The van der Waals surface area contributed by atoms with Crippen LogP contribution >= 0.6 is 46.6 Å². The van der Waals surface area contributed by atoms with Gasteiger partial charge in [-0.2, -0.15) is 0 Å². The van der Waals surface area contributed by atoms with E-state index in [1.807, 2.05) is 0 Å². The van der Waals surface area contributed by atoms with E-state index in [9.17, 15) is 33.6 Å². The van der Waals surface area contributed by atoms with Gasteiger partial charge in [0.05, 0.1) is 6.04 Å². The molecule has 3 rings (SSSR count). The number of alkyl carbamates (subject to hydrolysis) is 1. The number of hydrogen-bond donors (Lipinski definition) is 1. The summed E-state index contributed by atoms with van der Waals surface area (Å²) in [5.74, 6) is -5.07. The molecule has 2 aliphatic heterocycles. The lowest BCUT2D eigenvalue weighted by Gasteiger charge is -2.49. The minimum atomic E-state index is -2.02. The number of ether oxygens (including phenoxy) is 10. The lowest BCUT2D eigenvalue weighted by molar-refractivity contribution is -0.333. The van der Waals surface area contributed by atoms with E-state index in [2.05, 4.69) is 5.32 Å². The van der Waals surface area contributed by atoms with E-state index in [0.29, 0.717) is 4.90 Å². The molecule has 0 aliphatic carbocycles. The van der Waals surface area contributed by atoms with Crippen LogP contribution in [0.5, 0.6) is 0 Å². The van der Waals surface area contributed by atoms with E-state index in [1.165, 1.54) is 0 Å². The minimum absolute atomic E-state index is 0.498. The second kappa shape index (κ2) is 21.1. The van der Waals surface area contributed by atoms with Crippen molar-refractivity contribution in [1.82, 2.24) is 5.32 Å². The van der Waals surface area contributed by atoms with Crippen LogP contribution in [-0.4, -0.2) is 126 Å². The van der Waals surface area contributed by atoms with E-state index in [-0.39, 0.29) is 0 Å². The van der Waals surface area contributed by atoms with Crippen molar-refractivity contribution in [2.75, 3.05) is 19.8 Å². The van der Waals surface area contributed by atoms with Gasteiger partial charge in [0.25, 0.3) is 0 Å². The summed E-state index contributed by atoms with van der Waals surface area (Å²) in [4.78, 5) is 87.6. The zero-order valence-electron chi connectivity index (χ0n) is 30.3. The third-order valence-corrected chi connectivity index (χ3v) is 8.79. The van der Waals surface area contributed by atoms with E-state index in [0.717, 1.165) is 53.3 Å². The second-order valence-corrected chi connectivity index (χ2v) is 15.6. The maximum Gasteiger partial charge on any atom is 0.407 e. The molecular formula is C33H40Cl3NO17S.